The predicted molar refractivity (Wildman–Crippen MR) is 55.8 cm³/mol. The quantitative estimate of drug-likeness (QED) is 0.295. The molecule has 16 heavy (non-hydrogen) atoms. The Morgan fingerprint density at radius 2 is 1.94 bits per heavy atom. The lowest BCUT2D eigenvalue weighted by Crippen LogP contribution is -2.64. The molecule has 1 saturated heterocycles. The highest BCUT2D eigenvalue weighted by Crippen LogP contribution is 2.19. The maximum Gasteiger partial charge on any atom is 0.230 e. The zero-order valence-corrected chi connectivity index (χ0v) is 9.25. The predicted octanol–water partition coefficient (Wildman–Crippen LogP) is -3.17. The molecule has 2 unspecified atom stereocenters. The number of hydrogen-bond acceptors (Lipinski definition) is 7. The second kappa shape index (κ2) is 5.80. The van der Waals surface area contributed by atoms with Crippen LogP contribution in [-0.4, -0.2) is 69.3 Å². The van der Waals surface area contributed by atoms with Crippen LogP contribution in [-0.2, 0) is 9.53 Å². The van der Waals surface area contributed by atoms with Gasteiger partial charge in [-0.1, -0.05) is 0 Å². The lowest BCUT2D eigenvalue weighted by Gasteiger charge is -2.40. The summed E-state index contributed by atoms with van der Waals surface area (Å²) in [6.07, 6.45) is -5.35. The van der Waals surface area contributed by atoms with Gasteiger partial charge in [0, 0.05) is 0 Å². The standard InChI is InChI=1S/C8H15NO6S/c10-1-3-6(12)7(13)5(8(14)15-3)9-4(11)2-16/h3,5-8,10,12-14,16H,1-2H2,(H,9,11)/t3?,5?,6-,7+,8+/m0/s1. The van der Waals surface area contributed by atoms with E-state index in [4.69, 9.17) is 9.84 Å². The molecule has 0 spiro atoms. The molecule has 1 fully saturated rings. The molecule has 0 aromatic carbocycles. The minimum absolute atomic E-state index is 0.116. The summed E-state index contributed by atoms with van der Waals surface area (Å²) in [6.45, 7) is -0.539. The number of ether oxygens (including phenoxy) is 1. The van der Waals surface area contributed by atoms with Crippen molar-refractivity contribution in [3.63, 3.8) is 0 Å². The number of hydrogen-bond donors (Lipinski definition) is 6. The van der Waals surface area contributed by atoms with Crippen molar-refractivity contribution >= 4 is 18.5 Å². The molecule has 1 aliphatic rings. The fourth-order valence-corrected chi connectivity index (χ4v) is 1.58. The lowest BCUT2D eigenvalue weighted by atomic mass is 9.97. The Balaban J connectivity index is 2.67. The maximum atomic E-state index is 11.0. The number of carbonyl (C=O) groups excluding carboxylic acids is 1. The molecule has 1 amide bonds. The van der Waals surface area contributed by atoms with Crippen LogP contribution < -0.4 is 5.32 Å². The van der Waals surface area contributed by atoms with Crippen molar-refractivity contribution in [2.75, 3.05) is 12.4 Å². The smallest absolute Gasteiger partial charge is 0.230 e. The number of nitrogens with one attached hydrogen (secondary N) is 1. The summed E-state index contributed by atoms with van der Waals surface area (Å²) in [7, 11) is 0. The topological polar surface area (TPSA) is 119 Å². The van der Waals surface area contributed by atoms with Gasteiger partial charge in [-0.25, -0.2) is 0 Å². The highest BCUT2D eigenvalue weighted by atomic mass is 32.1. The lowest BCUT2D eigenvalue weighted by molar-refractivity contribution is -0.253. The van der Waals surface area contributed by atoms with Gasteiger partial charge in [-0.2, -0.15) is 12.6 Å². The summed E-state index contributed by atoms with van der Waals surface area (Å²) in [4.78, 5) is 11.0. The van der Waals surface area contributed by atoms with Crippen molar-refractivity contribution < 1.29 is 30.0 Å². The van der Waals surface area contributed by atoms with E-state index in [-0.39, 0.29) is 5.75 Å². The van der Waals surface area contributed by atoms with Crippen LogP contribution >= 0.6 is 12.6 Å². The Kier molecular flexibility index (Phi) is 4.96. The summed E-state index contributed by atoms with van der Waals surface area (Å²) in [6, 6.07) is -1.14. The Hall–Kier alpha value is -0.380. The highest BCUT2D eigenvalue weighted by Gasteiger charge is 2.44. The average Bonchev–Trinajstić information content (AvgIpc) is 2.28. The molecule has 1 rings (SSSR count). The maximum absolute atomic E-state index is 11.0. The first kappa shape index (κ1) is 13.7. The van der Waals surface area contributed by atoms with Crippen molar-refractivity contribution in [1.82, 2.24) is 5.32 Å². The molecular formula is C8H15NO6S. The van der Waals surface area contributed by atoms with E-state index >= 15 is 0 Å². The summed E-state index contributed by atoms with van der Waals surface area (Å²) in [5, 5.41) is 39.6. The Labute approximate surface area is 97.4 Å². The molecule has 0 aromatic rings. The van der Waals surface area contributed by atoms with Gasteiger partial charge in [-0.05, 0) is 0 Å². The van der Waals surface area contributed by atoms with Crippen LogP contribution in [0.2, 0.25) is 0 Å². The highest BCUT2D eigenvalue weighted by molar-refractivity contribution is 7.81. The Bertz CT molecular complexity index is 253. The van der Waals surface area contributed by atoms with E-state index in [1.54, 1.807) is 0 Å². The van der Waals surface area contributed by atoms with Crippen molar-refractivity contribution in [3.8, 4) is 0 Å². The fraction of sp³-hybridized carbons (Fsp3) is 0.875. The molecule has 0 aliphatic carbocycles. The van der Waals surface area contributed by atoms with Gasteiger partial charge in [-0.3, -0.25) is 4.79 Å². The summed E-state index contributed by atoms with van der Waals surface area (Å²) in [5.74, 6) is -0.625. The number of aliphatic hydroxyl groups is 4. The van der Waals surface area contributed by atoms with E-state index < -0.39 is 43.2 Å². The van der Waals surface area contributed by atoms with Gasteiger partial charge in [0.2, 0.25) is 5.91 Å². The molecule has 94 valence electrons. The molecule has 0 radical (unpaired) electrons. The fourth-order valence-electron chi connectivity index (χ4n) is 1.48. The third kappa shape index (κ3) is 2.84. The van der Waals surface area contributed by atoms with Crippen LogP contribution in [0.1, 0.15) is 0 Å². The Morgan fingerprint density at radius 1 is 1.31 bits per heavy atom. The largest absolute Gasteiger partial charge is 0.394 e. The van der Waals surface area contributed by atoms with Crippen LogP contribution in [0.3, 0.4) is 0 Å². The first-order valence-electron chi connectivity index (χ1n) is 4.72. The van der Waals surface area contributed by atoms with E-state index in [1.165, 1.54) is 0 Å². The van der Waals surface area contributed by atoms with Crippen molar-refractivity contribution in [1.29, 1.82) is 0 Å². The second-order valence-electron chi connectivity index (χ2n) is 3.48. The van der Waals surface area contributed by atoms with Gasteiger partial charge in [0.25, 0.3) is 0 Å². The van der Waals surface area contributed by atoms with Crippen molar-refractivity contribution in [2.45, 2.75) is 30.6 Å². The number of rotatable bonds is 3. The molecule has 7 nitrogen and oxygen atoms in total. The van der Waals surface area contributed by atoms with Crippen LogP contribution in [0.5, 0.6) is 0 Å². The molecular weight excluding hydrogens is 238 g/mol. The van der Waals surface area contributed by atoms with E-state index in [0.29, 0.717) is 0 Å². The van der Waals surface area contributed by atoms with Crippen LogP contribution in [0.15, 0.2) is 0 Å². The molecule has 0 saturated carbocycles. The van der Waals surface area contributed by atoms with Crippen LogP contribution in [0.25, 0.3) is 0 Å². The SMILES string of the molecule is O=C(CS)NC1[C@H](O)OC(CO)[C@H](O)[C@@H]1O. The number of amides is 1. The van der Waals surface area contributed by atoms with E-state index in [0.717, 1.165) is 0 Å². The summed E-state index contributed by atoms with van der Waals surface area (Å²) in [5.41, 5.74) is 0. The summed E-state index contributed by atoms with van der Waals surface area (Å²) < 4.78 is 4.83. The number of aliphatic hydroxyl groups excluding tert-OH is 4. The van der Waals surface area contributed by atoms with Gasteiger partial charge < -0.3 is 30.5 Å². The van der Waals surface area contributed by atoms with Gasteiger partial charge >= 0.3 is 0 Å². The van der Waals surface area contributed by atoms with E-state index in [2.05, 4.69) is 17.9 Å². The molecule has 1 heterocycles. The average molecular weight is 253 g/mol. The Morgan fingerprint density at radius 3 is 2.44 bits per heavy atom. The zero-order chi connectivity index (χ0) is 12.3. The molecule has 5 N–H and O–H groups in total. The van der Waals surface area contributed by atoms with E-state index in [1.807, 2.05) is 0 Å². The first-order valence-corrected chi connectivity index (χ1v) is 5.35. The number of thiol groups is 1. The van der Waals surface area contributed by atoms with E-state index in [9.17, 15) is 20.1 Å². The molecule has 0 aromatic heterocycles. The van der Waals surface area contributed by atoms with Crippen molar-refractivity contribution in [2.24, 2.45) is 0 Å². The minimum Gasteiger partial charge on any atom is -0.394 e. The normalized spacial score (nSPS) is 39.4. The van der Waals surface area contributed by atoms with Gasteiger partial charge in [0.05, 0.1) is 12.4 Å². The number of carbonyl (C=O) groups is 1. The van der Waals surface area contributed by atoms with Gasteiger partial charge in [-0.15, -0.1) is 0 Å². The zero-order valence-electron chi connectivity index (χ0n) is 8.35. The van der Waals surface area contributed by atoms with Gasteiger partial charge in [0.15, 0.2) is 6.29 Å². The molecule has 8 heteroatoms. The summed E-state index contributed by atoms with van der Waals surface area (Å²) >= 11 is 3.71. The monoisotopic (exact) mass is 253 g/mol. The minimum atomic E-state index is -1.49. The van der Waals surface area contributed by atoms with Crippen LogP contribution in [0.4, 0.5) is 0 Å². The third-order valence-electron chi connectivity index (χ3n) is 2.37. The first-order chi connectivity index (χ1) is 7.51. The second-order valence-corrected chi connectivity index (χ2v) is 3.80. The van der Waals surface area contributed by atoms with Gasteiger partial charge in [0.1, 0.15) is 24.4 Å². The molecule has 5 atom stereocenters. The van der Waals surface area contributed by atoms with Crippen molar-refractivity contribution in [3.05, 3.63) is 0 Å². The van der Waals surface area contributed by atoms with Crippen LogP contribution in [0, 0.1) is 0 Å². The molecule has 0 bridgehead atoms. The molecule has 1 aliphatic heterocycles. The third-order valence-corrected chi connectivity index (χ3v) is 2.66.